The second-order valence-electron chi connectivity index (χ2n) is 6.19. The van der Waals surface area contributed by atoms with Crippen LogP contribution in [0.3, 0.4) is 0 Å². The highest BCUT2D eigenvalue weighted by Gasteiger charge is 2.13. The maximum absolute atomic E-state index is 11.9. The first kappa shape index (κ1) is 17.3. The molecule has 2 rings (SSSR count). The Morgan fingerprint density at radius 3 is 2.48 bits per heavy atom. The Kier molecular flexibility index (Phi) is 6.45. The molecule has 0 atom stereocenters. The van der Waals surface area contributed by atoms with Crippen LogP contribution in [0.25, 0.3) is 10.8 Å². The van der Waals surface area contributed by atoms with E-state index in [0.29, 0.717) is 5.75 Å². The normalized spacial score (nSPS) is 10.7. The minimum atomic E-state index is -0.326. The number of amides is 1. The molecule has 0 aromatic heterocycles. The second kappa shape index (κ2) is 8.56. The molecule has 0 aliphatic heterocycles. The van der Waals surface area contributed by atoms with Crippen LogP contribution in [0.5, 0.6) is 5.75 Å². The number of hydrogen-bond donors (Lipinski definition) is 0. The van der Waals surface area contributed by atoms with E-state index >= 15 is 0 Å². The summed E-state index contributed by atoms with van der Waals surface area (Å²) >= 11 is 0. The van der Waals surface area contributed by atoms with Crippen LogP contribution in [0.2, 0.25) is 0 Å². The predicted molar refractivity (Wildman–Crippen MR) is 96.1 cm³/mol. The molecule has 0 N–H and O–H groups in total. The molecule has 0 spiro atoms. The van der Waals surface area contributed by atoms with Gasteiger partial charge in [-0.3, -0.25) is 0 Å². The van der Waals surface area contributed by atoms with E-state index in [-0.39, 0.29) is 6.09 Å². The van der Waals surface area contributed by atoms with Crippen LogP contribution in [-0.2, 0) is 6.42 Å². The molecule has 2 aromatic rings. The van der Waals surface area contributed by atoms with Gasteiger partial charge in [-0.25, -0.2) is 4.79 Å². The molecule has 3 heteroatoms. The number of fused-ring (bicyclic) bond motifs is 1. The van der Waals surface area contributed by atoms with Gasteiger partial charge < -0.3 is 9.64 Å². The van der Waals surface area contributed by atoms with Gasteiger partial charge in [-0.15, -0.1) is 0 Å². The number of benzene rings is 2. The Hall–Kier alpha value is -2.03. The van der Waals surface area contributed by atoms with Gasteiger partial charge in [-0.1, -0.05) is 62.9 Å². The lowest BCUT2D eigenvalue weighted by Gasteiger charge is -2.16. The van der Waals surface area contributed by atoms with Crippen LogP contribution in [0.15, 0.2) is 36.4 Å². The van der Waals surface area contributed by atoms with Gasteiger partial charge in [0.2, 0.25) is 0 Å². The second-order valence-corrected chi connectivity index (χ2v) is 6.19. The van der Waals surface area contributed by atoms with Crippen molar-refractivity contribution in [2.75, 3.05) is 14.1 Å². The van der Waals surface area contributed by atoms with E-state index in [0.717, 1.165) is 18.4 Å². The van der Waals surface area contributed by atoms with E-state index < -0.39 is 0 Å². The molecule has 0 aliphatic rings. The quantitative estimate of drug-likeness (QED) is 0.639. The SMILES string of the molecule is CCCCCCCc1c(OC(=O)N(C)C)ccc2ccccc12. The largest absolute Gasteiger partial charge is 0.414 e. The molecule has 0 bridgehead atoms. The number of hydrogen-bond acceptors (Lipinski definition) is 2. The van der Waals surface area contributed by atoms with Gasteiger partial charge in [0.15, 0.2) is 0 Å². The summed E-state index contributed by atoms with van der Waals surface area (Å²) in [7, 11) is 3.40. The Balaban J connectivity index is 2.22. The third-order valence-electron chi connectivity index (χ3n) is 4.09. The summed E-state index contributed by atoms with van der Waals surface area (Å²) in [5.41, 5.74) is 1.15. The fourth-order valence-electron chi connectivity index (χ4n) is 2.76. The third-order valence-corrected chi connectivity index (χ3v) is 4.09. The number of carbonyl (C=O) groups is 1. The van der Waals surface area contributed by atoms with Gasteiger partial charge in [-0.05, 0) is 29.7 Å². The molecule has 0 radical (unpaired) electrons. The fraction of sp³-hybridized carbons (Fsp3) is 0.450. The zero-order chi connectivity index (χ0) is 16.7. The molecule has 2 aromatic carbocycles. The summed E-state index contributed by atoms with van der Waals surface area (Å²) < 4.78 is 5.58. The van der Waals surface area contributed by atoms with Crippen molar-refractivity contribution in [3.63, 3.8) is 0 Å². The van der Waals surface area contributed by atoms with Crippen LogP contribution in [-0.4, -0.2) is 25.1 Å². The Morgan fingerprint density at radius 1 is 1.00 bits per heavy atom. The van der Waals surface area contributed by atoms with Gasteiger partial charge in [0.05, 0.1) is 0 Å². The molecule has 0 saturated heterocycles. The lowest BCUT2D eigenvalue weighted by atomic mass is 9.98. The standard InChI is InChI=1S/C20H27NO2/c1-4-5-6-7-8-13-18-17-12-10-9-11-16(17)14-15-19(18)23-20(22)21(2)3/h9-12,14-15H,4-8,13H2,1-3H3. The van der Waals surface area contributed by atoms with Gasteiger partial charge in [0.1, 0.15) is 5.75 Å². The topological polar surface area (TPSA) is 29.5 Å². The first-order valence-corrected chi connectivity index (χ1v) is 8.53. The Labute approximate surface area is 139 Å². The smallest absolute Gasteiger partial charge is 0.410 e. The van der Waals surface area contributed by atoms with Crippen molar-refractivity contribution < 1.29 is 9.53 Å². The van der Waals surface area contributed by atoms with E-state index in [1.807, 2.05) is 24.3 Å². The first-order valence-electron chi connectivity index (χ1n) is 8.53. The summed E-state index contributed by atoms with van der Waals surface area (Å²) in [6, 6.07) is 12.2. The molecular weight excluding hydrogens is 286 g/mol. The molecule has 0 unspecified atom stereocenters. The predicted octanol–water partition coefficient (Wildman–Crippen LogP) is 5.41. The first-order chi connectivity index (χ1) is 11.1. The lowest BCUT2D eigenvalue weighted by molar-refractivity contribution is 0.171. The van der Waals surface area contributed by atoms with Crippen molar-refractivity contribution >= 4 is 16.9 Å². The summed E-state index contributed by atoms with van der Waals surface area (Å²) in [6.07, 6.45) is 6.78. The molecule has 0 fully saturated rings. The van der Waals surface area contributed by atoms with E-state index in [9.17, 15) is 4.79 Å². The number of aryl methyl sites for hydroxylation is 1. The highest BCUT2D eigenvalue weighted by Crippen LogP contribution is 2.30. The van der Waals surface area contributed by atoms with Crippen molar-refractivity contribution in [3.05, 3.63) is 42.0 Å². The van der Waals surface area contributed by atoms with Crippen LogP contribution in [0.1, 0.15) is 44.6 Å². The van der Waals surface area contributed by atoms with Crippen molar-refractivity contribution in [2.45, 2.75) is 45.4 Å². The number of carbonyl (C=O) groups excluding carboxylic acids is 1. The monoisotopic (exact) mass is 313 g/mol. The molecule has 0 saturated carbocycles. The van der Waals surface area contributed by atoms with Crippen molar-refractivity contribution in [1.29, 1.82) is 0 Å². The Bertz CT molecular complexity index is 649. The molecule has 0 heterocycles. The van der Waals surface area contributed by atoms with E-state index in [4.69, 9.17) is 4.74 Å². The van der Waals surface area contributed by atoms with Gasteiger partial charge in [0.25, 0.3) is 0 Å². The zero-order valence-corrected chi connectivity index (χ0v) is 14.5. The number of nitrogens with zero attached hydrogens (tertiary/aromatic N) is 1. The number of unbranched alkanes of at least 4 members (excludes halogenated alkanes) is 4. The maximum Gasteiger partial charge on any atom is 0.414 e. The molecule has 1 amide bonds. The number of rotatable bonds is 7. The van der Waals surface area contributed by atoms with Crippen LogP contribution in [0.4, 0.5) is 4.79 Å². The van der Waals surface area contributed by atoms with Gasteiger partial charge >= 0.3 is 6.09 Å². The molecular formula is C20H27NO2. The van der Waals surface area contributed by atoms with E-state index in [1.165, 1.54) is 41.4 Å². The molecule has 0 aliphatic carbocycles. The molecule has 124 valence electrons. The van der Waals surface area contributed by atoms with Crippen molar-refractivity contribution in [3.8, 4) is 5.75 Å². The van der Waals surface area contributed by atoms with Crippen LogP contribution >= 0.6 is 0 Å². The zero-order valence-electron chi connectivity index (χ0n) is 14.5. The lowest BCUT2D eigenvalue weighted by Crippen LogP contribution is -2.25. The summed E-state index contributed by atoms with van der Waals surface area (Å²) in [6.45, 7) is 2.23. The van der Waals surface area contributed by atoms with Crippen LogP contribution < -0.4 is 4.74 Å². The van der Waals surface area contributed by atoms with Crippen molar-refractivity contribution in [2.24, 2.45) is 0 Å². The summed E-state index contributed by atoms with van der Waals surface area (Å²) in [5, 5.41) is 2.38. The number of ether oxygens (including phenoxy) is 1. The van der Waals surface area contributed by atoms with Crippen molar-refractivity contribution in [1.82, 2.24) is 4.90 Å². The average molecular weight is 313 g/mol. The minimum absolute atomic E-state index is 0.326. The van der Waals surface area contributed by atoms with E-state index in [2.05, 4.69) is 19.1 Å². The van der Waals surface area contributed by atoms with Gasteiger partial charge in [-0.2, -0.15) is 0 Å². The molecule has 3 nitrogen and oxygen atoms in total. The van der Waals surface area contributed by atoms with Crippen LogP contribution in [0, 0.1) is 0 Å². The Morgan fingerprint density at radius 2 is 1.74 bits per heavy atom. The molecule has 23 heavy (non-hydrogen) atoms. The maximum atomic E-state index is 11.9. The van der Waals surface area contributed by atoms with E-state index in [1.54, 1.807) is 14.1 Å². The third kappa shape index (κ3) is 4.72. The summed E-state index contributed by atoms with van der Waals surface area (Å²) in [4.78, 5) is 13.4. The average Bonchev–Trinajstić information content (AvgIpc) is 2.55. The fourth-order valence-corrected chi connectivity index (χ4v) is 2.76. The summed E-state index contributed by atoms with van der Waals surface area (Å²) in [5.74, 6) is 0.692. The minimum Gasteiger partial charge on any atom is -0.410 e. The van der Waals surface area contributed by atoms with Gasteiger partial charge in [0, 0.05) is 19.7 Å². The highest BCUT2D eigenvalue weighted by molar-refractivity contribution is 5.88. The highest BCUT2D eigenvalue weighted by atomic mass is 16.6.